The van der Waals surface area contributed by atoms with E-state index in [1.54, 1.807) is 0 Å². The molecule has 3 amide bonds. The predicted molar refractivity (Wildman–Crippen MR) is 90.0 cm³/mol. The number of aliphatic hydroxyl groups is 1. The van der Waals surface area contributed by atoms with Crippen LogP contribution in [0.25, 0.3) is 0 Å². The van der Waals surface area contributed by atoms with Crippen LogP contribution in [0.5, 0.6) is 0 Å². The molecule has 10 nitrogen and oxygen atoms in total. The Morgan fingerprint density at radius 3 is 2.50 bits per heavy atom. The highest BCUT2D eigenvalue weighted by atomic mass is 16.4. The van der Waals surface area contributed by atoms with Crippen LogP contribution in [0.1, 0.15) is 32.6 Å². The van der Waals surface area contributed by atoms with E-state index in [9.17, 15) is 24.3 Å². The van der Waals surface area contributed by atoms with Gasteiger partial charge in [-0.1, -0.05) is 0 Å². The Hall–Kier alpha value is -2.20. The van der Waals surface area contributed by atoms with Crippen LogP contribution in [0.3, 0.4) is 0 Å². The number of aliphatic carboxylic acids is 1. The summed E-state index contributed by atoms with van der Waals surface area (Å²) < 4.78 is 0. The average molecular weight is 370 g/mol. The number of carbonyl (C=O) groups excluding carboxylic acids is 3. The van der Waals surface area contributed by atoms with Gasteiger partial charge in [-0.25, -0.2) is 4.79 Å². The second kappa shape index (κ2) is 8.95. The average Bonchev–Trinajstić information content (AvgIpc) is 3.29. The van der Waals surface area contributed by atoms with Crippen LogP contribution in [0.15, 0.2) is 0 Å². The molecule has 4 unspecified atom stereocenters. The summed E-state index contributed by atoms with van der Waals surface area (Å²) in [6.45, 7) is 1.84. The molecule has 146 valence electrons. The van der Waals surface area contributed by atoms with E-state index < -0.39 is 42.5 Å². The topological polar surface area (TPSA) is 148 Å². The van der Waals surface area contributed by atoms with E-state index in [1.807, 2.05) is 0 Å². The smallest absolute Gasteiger partial charge is 0.326 e. The molecule has 4 atom stereocenters. The molecule has 26 heavy (non-hydrogen) atoms. The lowest BCUT2D eigenvalue weighted by Gasteiger charge is -2.27. The summed E-state index contributed by atoms with van der Waals surface area (Å²) in [6, 6.07) is -3.41. The summed E-state index contributed by atoms with van der Waals surface area (Å²) in [4.78, 5) is 49.1. The molecule has 2 aliphatic rings. The van der Waals surface area contributed by atoms with Crippen molar-refractivity contribution >= 4 is 23.7 Å². The Bertz CT molecular complexity index is 563. The third-order valence-electron chi connectivity index (χ3n) is 4.75. The number of amides is 3. The van der Waals surface area contributed by atoms with Gasteiger partial charge in [0.05, 0.1) is 12.6 Å². The van der Waals surface area contributed by atoms with Crippen LogP contribution < -0.4 is 16.0 Å². The van der Waals surface area contributed by atoms with Crippen LogP contribution in [-0.4, -0.2) is 82.7 Å². The van der Waals surface area contributed by atoms with E-state index in [4.69, 9.17) is 5.11 Å². The van der Waals surface area contributed by atoms with E-state index in [1.165, 1.54) is 6.92 Å². The van der Waals surface area contributed by atoms with Gasteiger partial charge in [-0.15, -0.1) is 0 Å². The highest BCUT2D eigenvalue weighted by molar-refractivity contribution is 5.94. The summed E-state index contributed by atoms with van der Waals surface area (Å²) in [6.07, 6.45) is 2.48. The molecule has 0 bridgehead atoms. The zero-order chi connectivity index (χ0) is 19.3. The Labute approximate surface area is 151 Å². The van der Waals surface area contributed by atoms with Crippen LogP contribution in [0.4, 0.5) is 0 Å². The molecule has 0 spiro atoms. The Morgan fingerprint density at radius 2 is 1.92 bits per heavy atom. The number of nitrogens with one attached hydrogen (secondary N) is 3. The zero-order valence-electron chi connectivity index (χ0n) is 14.7. The zero-order valence-corrected chi connectivity index (χ0v) is 14.7. The van der Waals surface area contributed by atoms with Crippen molar-refractivity contribution in [2.24, 2.45) is 0 Å². The Kier molecular flexibility index (Phi) is 6.92. The minimum Gasteiger partial charge on any atom is -0.480 e. The van der Waals surface area contributed by atoms with Crippen molar-refractivity contribution in [3.05, 3.63) is 0 Å². The van der Waals surface area contributed by atoms with Gasteiger partial charge < -0.3 is 31.1 Å². The van der Waals surface area contributed by atoms with Crippen molar-refractivity contribution in [2.45, 2.75) is 56.8 Å². The first-order valence-corrected chi connectivity index (χ1v) is 8.83. The van der Waals surface area contributed by atoms with Crippen molar-refractivity contribution in [1.82, 2.24) is 20.9 Å². The molecule has 2 aliphatic heterocycles. The summed E-state index contributed by atoms with van der Waals surface area (Å²) >= 11 is 0. The third kappa shape index (κ3) is 4.70. The minimum atomic E-state index is -1.24. The monoisotopic (exact) mass is 370 g/mol. The third-order valence-corrected chi connectivity index (χ3v) is 4.75. The van der Waals surface area contributed by atoms with Gasteiger partial charge in [0.1, 0.15) is 18.1 Å². The Morgan fingerprint density at radius 1 is 1.19 bits per heavy atom. The largest absolute Gasteiger partial charge is 0.480 e. The van der Waals surface area contributed by atoms with E-state index in [0.717, 1.165) is 17.9 Å². The first-order valence-electron chi connectivity index (χ1n) is 8.83. The summed E-state index contributed by atoms with van der Waals surface area (Å²) in [5.74, 6) is -2.65. The van der Waals surface area contributed by atoms with E-state index >= 15 is 0 Å². The molecular formula is C16H26N4O6. The van der Waals surface area contributed by atoms with Crippen LogP contribution in [0, 0.1) is 0 Å². The highest BCUT2D eigenvalue weighted by Crippen LogP contribution is 2.18. The predicted octanol–water partition coefficient (Wildman–Crippen LogP) is -2.20. The molecule has 0 aromatic rings. The lowest BCUT2D eigenvalue weighted by molar-refractivity contribution is -0.150. The quantitative estimate of drug-likeness (QED) is 0.341. The number of rotatable bonds is 7. The SMILES string of the molecule is CC(NC(=O)C1CCCN1)C(=O)NC(CO)C(=O)N1CCCC1C(=O)O. The van der Waals surface area contributed by atoms with Crippen LogP contribution in [-0.2, 0) is 19.2 Å². The standard InChI is InChI=1S/C16H26N4O6/c1-9(18-14(23)10-4-2-6-17-10)13(22)19-11(8-21)15(24)20-7-3-5-12(20)16(25)26/h9-12,17,21H,2-8H2,1H3,(H,18,23)(H,19,22)(H,25,26). The first kappa shape index (κ1) is 20.1. The molecule has 2 rings (SSSR count). The second-order valence-corrected chi connectivity index (χ2v) is 6.65. The van der Waals surface area contributed by atoms with Crippen molar-refractivity contribution in [1.29, 1.82) is 0 Å². The molecule has 0 aliphatic carbocycles. The number of likely N-dealkylation sites (tertiary alicyclic amines) is 1. The van der Waals surface area contributed by atoms with E-state index in [-0.39, 0.29) is 18.5 Å². The molecule has 0 aromatic carbocycles. The number of carboxylic acid groups (broad SMARTS) is 1. The molecule has 2 heterocycles. The minimum absolute atomic E-state index is 0.266. The van der Waals surface area contributed by atoms with Gasteiger partial charge in [0.2, 0.25) is 17.7 Å². The first-order chi connectivity index (χ1) is 12.3. The lowest BCUT2D eigenvalue weighted by atomic mass is 10.1. The maximum absolute atomic E-state index is 12.5. The van der Waals surface area contributed by atoms with Crippen molar-refractivity contribution in [3.8, 4) is 0 Å². The van der Waals surface area contributed by atoms with Gasteiger partial charge in [0.25, 0.3) is 0 Å². The molecular weight excluding hydrogens is 344 g/mol. The van der Waals surface area contributed by atoms with Gasteiger partial charge in [-0.05, 0) is 39.2 Å². The van der Waals surface area contributed by atoms with Gasteiger partial charge in [0, 0.05) is 6.54 Å². The highest BCUT2D eigenvalue weighted by Gasteiger charge is 2.38. The number of carboxylic acids is 1. The molecule has 0 saturated carbocycles. The fourth-order valence-electron chi connectivity index (χ4n) is 3.26. The molecule has 5 N–H and O–H groups in total. The van der Waals surface area contributed by atoms with Gasteiger partial charge in [-0.2, -0.15) is 0 Å². The van der Waals surface area contributed by atoms with Gasteiger partial charge >= 0.3 is 5.97 Å². The number of carbonyl (C=O) groups is 4. The molecule has 10 heteroatoms. The van der Waals surface area contributed by atoms with Gasteiger partial charge in [0.15, 0.2) is 0 Å². The van der Waals surface area contributed by atoms with Gasteiger partial charge in [-0.3, -0.25) is 14.4 Å². The van der Waals surface area contributed by atoms with Crippen molar-refractivity contribution < 1.29 is 29.4 Å². The summed E-state index contributed by atoms with van der Waals surface area (Å²) in [7, 11) is 0. The van der Waals surface area contributed by atoms with Crippen LogP contribution >= 0.6 is 0 Å². The fraction of sp³-hybridized carbons (Fsp3) is 0.750. The molecule has 2 saturated heterocycles. The van der Waals surface area contributed by atoms with E-state index in [2.05, 4.69) is 16.0 Å². The summed E-state index contributed by atoms with van der Waals surface area (Å²) in [5.41, 5.74) is 0. The lowest BCUT2D eigenvalue weighted by Crippen LogP contribution is -2.57. The molecule has 0 radical (unpaired) electrons. The molecule has 0 aromatic heterocycles. The maximum atomic E-state index is 12.5. The van der Waals surface area contributed by atoms with E-state index in [0.29, 0.717) is 19.3 Å². The Balaban J connectivity index is 1.91. The molecule has 2 fully saturated rings. The second-order valence-electron chi connectivity index (χ2n) is 6.65. The number of hydrogen-bond acceptors (Lipinski definition) is 6. The fourth-order valence-corrected chi connectivity index (χ4v) is 3.26. The summed E-state index contributed by atoms with van der Waals surface area (Å²) in [5, 5.41) is 26.6. The van der Waals surface area contributed by atoms with Crippen LogP contribution in [0.2, 0.25) is 0 Å². The van der Waals surface area contributed by atoms with Crippen molar-refractivity contribution in [2.75, 3.05) is 19.7 Å². The number of hydrogen-bond donors (Lipinski definition) is 5. The maximum Gasteiger partial charge on any atom is 0.326 e. The van der Waals surface area contributed by atoms with Crippen molar-refractivity contribution in [3.63, 3.8) is 0 Å². The normalized spacial score (nSPS) is 24.8. The number of aliphatic hydroxyl groups excluding tert-OH is 1. The number of nitrogens with zero attached hydrogens (tertiary/aromatic N) is 1.